The molecular formula is C16H20N2O. The van der Waals surface area contributed by atoms with Crippen molar-refractivity contribution < 1.29 is 4.79 Å². The van der Waals surface area contributed by atoms with Crippen molar-refractivity contribution in [3.05, 3.63) is 35.4 Å². The Labute approximate surface area is 114 Å². The fourth-order valence-corrected chi connectivity index (χ4v) is 2.98. The second kappa shape index (κ2) is 6.38. The van der Waals surface area contributed by atoms with E-state index in [9.17, 15) is 4.79 Å². The highest BCUT2D eigenvalue weighted by Gasteiger charge is 2.23. The van der Waals surface area contributed by atoms with Crippen LogP contribution in [0.25, 0.3) is 0 Å². The molecule has 0 saturated heterocycles. The third-order valence-corrected chi connectivity index (χ3v) is 4.07. The molecule has 0 radical (unpaired) electrons. The molecule has 2 rings (SSSR count). The first-order valence-corrected chi connectivity index (χ1v) is 6.93. The fourth-order valence-electron chi connectivity index (χ4n) is 2.98. The van der Waals surface area contributed by atoms with Crippen LogP contribution in [0, 0.1) is 17.2 Å². The van der Waals surface area contributed by atoms with Crippen molar-refractivity contribution >= 4 is 5.91 Å². The summed E-state index contributed by atoms with van der Waals surface area (Å²) in [5, 5.41) is 8.65. The molecule has 0 atom stereocenters. The van der Waals surface area contributed by atoms with E-state index in [0.717, 1.165) is 31.2 Å². The second-order valence-corrected chi connectivity index (χ2v) is 5.46. The molecular weight excluding hydrogens is 236 g/mol. The van der Waals surface area contributed by atoms with Crippen molar-refractivity contribution in [2.45, 2.75) is 44.4 Å². The molecule has 1 amide bonds. The number of nitrogens with two attached hydrogens (primary N) is 1. The smallest absolute Gasteiger partial charge is 0.217 e. The molecule has 0 unspecified atom stereocenters. The summed E-state index contributed by atoms with van der Waals surface area (Å²) in [4.78, 5) is 10.9. The van der Waals surface area contributed by atoms with E-state index >= 15 is 0 Å². The van der Waals surface area contributed by atoms with Gasteiger partial charge in [0.05, 0.1) is 12.5 Å². The molecule has 2 N–H and O–H groups in total. The van der Waals surface area contributed by atoms with Crippen molar-refractivity contribution in [3.63, 3.8) is 0 Å². The first-order chi connectivity index (χ1) is 9.19. The largest absolute Gasteiger partial charge is 0.370 e. The van der Waals surface area contributed by atoms with Crippen molar-refractivity contribution in [2.24, 2.45) is 11.7 Å². The summed E-state index contributed by atoms with van der Waals surface area (Å²) < 4.78 is 0. The van der Waals surface area contributed by atoms with E-state index < -0.39 is 0 Å². The summed E-state index contributed by atoms with van der Waals surface area (Å²) in [6, 6.07) is 10.6. The molecule has 19 heavy (non-hydrogen) atoms. The molecule has 0 aliphatic heterocycles. The van der Waals surface area contributed by atoms with E-state index in [-0.39, 0.29) is 5.91 Å². The number of primary amides is 1. The average Bonchev–Trinajstić information content (AvgIpc) is 2.40. The van der Waals surface area contributed by atoms with E-state index in [2.05, 4.69) is 18.2 Å². The zero-order chi connectivity index (χ0) is 13.7. The highest BCUT2D eigenvalue weighted by molar-refractivity contribution is 5.73. The van der Waals surface area contributed by atoms with E-state index in [1.165, 1.54) is 5.56 Å². The monoisotopic (exact) mass is 256 g/mol. The Bertz CT molecular complexity index is 465. The van der Waals surface area contributed by atoms with Gasteiger partial charge in [-0.1, -0.05) is 24.3 Å². The third kappa shape index (κ3) is 3.82. The molecule has 0 aromatic heterocycles. The number of carbonyl (C=O) groups excluding carboxylic acids is 1. The SMILES string of the molecule is N#CCc1ccc([C@H]2CC[C@H](CC(N)=O)CC2)cc1. The van der Waals surface area contributed by atoms with Crippen LogP contribution in [0.1, 0.15) is 49.1 Å². The maximum absolute atomic E-state index is 10.9. The molecule has 0 spiro atoms. The summed E-state index contributed by atoms with van der Waals surface area (Å²) in [5.41, 5.74) is 7.69. The number of rotatable bonds is 4. The van der Waals surface area contributed by atoms with E-state index in [1.807, 2.05) is 12.1 Å². The minimum absolute atomic E-state index is 0.177. The number of hydrogen-bond acceptors (Lipinski definition) is 2. The lowest BCUT2D eigenvalue weighted by atomic mass is 9.77. The Hall–Kier alpha value is -1.82. The van der Waals surface area contributed by atoms with Gasteiger partial charge in [-0.25, -0.2) is 0 Å². The maximum Gasteiger partial charge on any atom is 0.217 e. The van der Waals surface area contributed by atoms with Gasteiger partial charge >= 0.3 is 0 Å². The number of amides is 1. The zero-order valence-electron chi connectivity index (χ0n) is 11.1. The lowest BCUT2D eigenvalue weighted by Crippen LogP contribution is -2.20. The summed E-state index contributed by atoms with van der Waals surface area (Å²) >= 11 is 0. The van der Waals surface area contributed by atoms with E-state index in [1.54, 1.807) is 0 Å². The number of carbonyl (C=O) groups is 1. The Morgan fingerprint density at radius 1 is 1.21 bits per heavy atom. The normalized spacial score (nSPS) is 22.7. The van der Waals surface area contributed by atoms with Gasteiger partial charge in [-0.05, 0) is 48.6 Å². The minimum atomic E-state index is -0.177. The standard InChI is InChI=1S/C16H20N2O/c17-10-9-12-1-5-14(6-2-12)15-7-3-13(4-8-15)11-16(18)19/h1-2,5-6,13,15H,3-4,7-9,11H2,(H2,18,19)/t13-,15-. The first-order valence-electron chi connectivity index (χ1n) is 6.93. The van der Waals surface area contributed by atoms with Crippen molar-refractivity contribution in [1.82, 2.24) is 0 Å². The fraction of sp³-hybridized carbons (Fsp3) is 0.500. The number of nitriles is 1. The lowest BCUT2D eigenvalue weighted by molar-refractivity contribution is -0.119. The Morgan fingerprint density at radius 2 is 1.84 bits per heavy atom. The second-order valence-electron chi connectivity index (χ2n) is 5.46. The van der Waals surface area contributed by atoms with Crippen molar-refractivity contribution in [2.75, 3.05) is 0 Å². The Morgan fingerprint density at radius 3 is 2.37 bits per heavy atom. The van der Waals surface area contributed by atoms with Gasteiger partial charge in [-0.2, -0.15) is 5.26 Å². The van der Waals surface area contributed by atoms with Gasteiger partial charge in [0.2, 0.25) is 5.91 Å². The van der Waals surface area contributed by atoms with Gasteiger partial charge in [0.15, 0.2) is 0 Å². The van der Waals surface area contributed by atoms with Crippen molar-refractivity contribution in [1.29, 1.82) is 5.26 Å². The van der Waals surface area contributed by atoms with Gasteiger partial charge in [0, 0.05) is 6.42 Å². The van der Waals surface area contributed by atoms with E-state index in [0.29, 0.717) is 24.7 Å². The first kappa shape index (κ1) is 13.6. The number of nitrogens with zero attached hydrogens (tertiary/aromatic N) is 1. The van der Waals surface area contributed by atoms with Crippen LogP contribution in [-0.4, -0.2) is 5.91 Å². The molecule has 1 aromatic carbocycles. The number of hydrogen-bond donors (Lipinski definition) is 1. The topological polar surface area (TPSA) is 66.9 Å². The van der Waals surface area contributed by atoms with Crippen LogP contribution in [-0.2, 0) is 11.2 Å². The van der Waals surface area contributed by atoms with Crippen LogP contribution in [0.15, 0.2) is 24.3 Å². The van der Waals surface area contributed by atoms with Crippen LogP contribution < -0.4 is 5.73 Å². The Balaban J connectivity index is 1.90. The van der Waals surface area contributed by atoms with Gasteiger partial charge < -0.3 is 5.73 Å². The van der Waals surface area contributed by atoms with Crippen molar-refractivity contribution in [3.8, 4) is 6.07 Å². The third-order valence-electron chi connectivity index (χ3n) is 4.07. The van der Waals surface area contributed by atoms with Crippen LogP contribution in [0.2, 0.25) is 0 Å². The Kier molecular flexibility index (Phi) is 4.57. The molecule has 1 fully saturated rings. The van der Waals surface area contributed by atoms with E-state index in [4.69, 9.17) is 11.0 Å². The zero-order valence-corrected chi connectivity index (χ0v) is 11.1. The molecule has 0 heterocycles. The van der Waals surface area contributed by atoms with Gasteiger partial charge in [-0.15, -0.1) is 0 Å². The molecule has 1 saturated carbocycles. The van der Waals surface area contributed by atoms with Crippen LogP contribution >= 0.6 is 0 Å². The summed E-state index contributed by atoms with van der Waals surface area (Å²) in [7, 11) is 0. The molecule has 0 bridgehead atoms. The quantitative estimate of drug-likeness (QED) is 0.900. The maximum atomic E-state index is 10.9. The van der Waals surface area contributed by atoms with Crippen LogP contribution in [0.3, 0.4) is 0 Å². The van der Waals surface area contributed by atoms with Crippen LogP contribution in [0.4, 0.5) is 0 Å². The van der Waals surface area contributed by atoms with Gasteiger partial charge in [0.25, 0.3) is 0 Å². The average molecular weight is 256 g/mol. The summed E-state index contributed by atoms with van der Waals surface area (Å²) in [5.74, 6) is 0.899. The number of benzene rings is 1. The molecule has 1 aromatic rings. The predicted octanol–water partition coefficient (Wildman–Crippen LogP) is 2.90. The molecule has 1 aliphatic carbocycles. The lowest BCUT2D eigenvalue weighted by Gasteiger charge is -2.28. The van der Waals surface area contributed by atoms with Crippen LogP contribution in [0.5, 0.6) is 0 Å². The minimum Gasteiger partial charge on any atom is -0.370 e. The molecule has 3 heteroatoms. The summed E-state index contributed by atoms with van der Waals surface area (Å²) in [6.45, 7) is 0. The van der Waals surface area contributed by atoms with Gasteiger partial charge in [-0.3, -0.25) is 4.79 Å². The predicted molar refractivity (Wildman–Crippen MR) is 74.3 cm³/mol. The molecule has 100 valence electrons. The van der Waals surface area contributed by atoms with Gasteiger partial charge in [0.1, 0.15) is 0 Å². The molecule has 1 aliphatic rings. The summed E-state index contributed by atoms with van der Waals surface area (Å²) in [6.07, 6.45) is 5.46. The highest BCUT2D eigenvalue weighted by Crippen LogP contribution is 2.36. The molecule has 3 nitrogen and oxygen atoms in total. The highest BCUT2D eigenvalue weighted by atomic mass is 16.1.